The first-order valence-electron chi connectivity index (χ1n) is 14.6. The van der Waals surface area contributed by atoms with E-state index in [9.17, 15) is 0 Å². The van der Waals surface area contributed by atoms with E-state index < -0.39 is 8.56 Å². The van der Waals surface area contributed by atoms with Crippen molar-refractivity contribution in [3.8, 4) is 0 Å². The van der Waals surface area contributed by atoms with Gasteiger partial charge in [0, 0.05) is 15.0 Å². The number of hydrogen-bond acceptors (Lipinski definition) is 6. The second-order valence-electron chi connectivity index (χ2n) is 13.0. The lowest BCUT2D eigenvalue weighted by Gasteiger charge is -2.51. The third kappa shape index (κ3) is 6.83. The lowest BCUT2D eigenvalue weighted by Crippen LogP contribution is -2.63. The zero-order valence-corrected chi connectivity index (χ0v) is 26.9. The van der Waals surface area contributed by atoms with Crippen LogP contribution in [0.2, 0.25) is 10.1 Å². The van der Waals surface area contributed by atoms with Gasteiger partial charge in [0.1, 0.15) is 29.9 Å². The maximum absolute atomic E-state index is 7.44. The Morgan fingerprint density at radius 2 is 1.20 bits per heavy atom. The molecule has 0 aliphatic carbocycles. The molecule has 0 unspecified atom stereocenters. The molecule has 220 valence electrons. The lowest BCUT2D eigenvalue weighted by molar-refractivity contribution is -0.221. The number of thioether (sulfide) groups is 1. The molecule has 41 heavy (non-hydrogen) atoms. The van der Waals surface area contributed by atoms with Gasteiger partial charge in [0.25, 0.3) is 0 Å². The van der Waals surface area contributed by atoms with Gasteiger partial charge >= 0.3 is 8.56 Å². The van der Waals surface area contributed by atoms with Crippen LogP contribution in [-0.4, -0.2) is 45.0 Å². The molecular weight excluding hydrogens is 549 g/mol. The molecule has 5 atom stereocenters. The second kappa shape index (κ2) is 12.7. The van der Waals surface area contributed by atoms with Gasteiger partial charge in [0.05, 0.1) is 19.8 Å². The molecule has 0 radical (unpaired) electrons. The minimum absolute atomic E-state index is 0.196. The fourth-order valence-corrected chi connectivity index (χ4v) is 12.2. The van der Waals surface area contributed by atoms with Gasteiger partial charge in [-0.1, -0.05) is 132 Å². The van der Waals surface area contributed by atoms with Crippen LogP contribution in [0.4, 0.5) is 0 Å². The number of fused-ring (bicyclic) bond motifs is 2. The van der Waals surface area contributed by atoms with E-state index >= 15 is 0 Å². The van der Waals surface area contributed by atoms with Gasteiger partial charge in [0.2, 0.25) is 0 Å². The van der Waals surface area contributed by atoms with Gasteiger partial charge in [0.15, 0.2) is 0 Å². The van der Waals surface area contributed by atoms with Gasteiger partial charge in [-0.05, 0) is 23.3 Å². The molecule has 0 N–H and O–H groups in total. The topological polar surface area (TPSA) is 46.2 Å². The average Bonchev–Trinajstić information content (AvgIpc) is 3.07. The first-order valence-corrected chi connectivity index (χ1v) is 17.3. The van der Waals surface area contributed by atoms with Crippen LogP contribution in [-0.2, 0) is 36.3 Å². The van der Waals surface area contributed by atoms with Crippen molar-refractivity contribution in [2.24, 2.45) is 0 Å². The number of hydrogen-bond donors (Lipinski definition) is 0. The Labute approximate surface area is 251 Å². The van der Waals surface area contributed by atoms with Gasteiger partial charge < -0.3 is 23.1 Å². The van der Waals surface area contributed by atoms with E-state index in [1.165, 1.54) is 0 Å². The molecule has 3 aromatic carbocycles. The van der Waals surface area contributed by atoms with Crippen LogP contribution in [0.1, 0.15) is 52.7 Å². The normalized spacial score (nSPS) is 26.3. The Kier molecular flexibility index (Phi) is 9.46. The maximum Gasteiger partial charge on any atom is 0.349 e. The fourth-order valence-electron chi connectivity index (χ4n) is 6.12. The van der Waals surface area contributed by atoms with Crippen molar-refractivity contribution in [2.45, 2.75) is 99.6 Å². The van der Waals surface area contributed by atoms with E-state index in [4.69, 9.17) is 23.1 Å². The Hall–Kier alpha value is -1.97. The van der Waals surface area contributed by atoms with Gasteiger partial charge in [-0.2, -0.15) is 0 Å². The van der Waals surface area contributed by atoms with Crippen LogP contribution in [0.3, 0.4) is 0 Å². The highest BCUT2D eigenvalue weighted by Gasteiger charge is 2.64. The first kappa shape index (κ1) is 30.5. The molecular formula is C34H44O5SSi. The molecule has 0 aromatic heterocycles. The molecule has 2 saturated heterocycles. The maximum atomic E-state index is 7.44. The van der Waals surface area contributed by atoms with Crippen molar-refractivity contribution < 1.29 is 23.1 Å². The molecule has 2 fully saturated rings. The highest BCUT2D eigenvalue weighted by atomic mass is 32.2. The van der Waals surface area contributed by atoms with Gasteiger partial charge in [-0.15, -0.1) is 0 Å². The van der Waals surface area contributed by atoms with Crippen molar-refractivity contribution in [3.05, 3.63) is 102 Å². The zero-order chi connectivity index (χ0) is 29.1. The second-order valence-corrected chi connectivity index (χ2v) is 18.9. The Morgan fingerprint density at radius 1 is 0.707 bits per heavy atom. The van der Waals surface area contributed by atoms with Crippen LogP contribution < -0.4 is 0 Å². The molecule has 2 bridgehead atoms. The summed E-state index contributed by atoms with van der Waals surface area (Å²) in [5, 5.41) is -0.391. The minimum Gasteiger partial charge on any atom is -0.391 e. The summed E-state index contributed by atoms with van der Waals surface area (Å²) >= 11 is 1.68. The number of benzene rings is 3. The number of ether oxygens (including phenoxy) is 3. The predicted molar refractivity (Wildman–Crippen MR) is 167 cm³/mol. The third-order valence-electron chi connectivity index (χ3n) is 7.88. The Balaban J connectivity index is 1.54. The summed E-state index contributed by atoms with van der Waals surface area (Å²) in [6.45, 7) is 14.8. The smallest absolute Gasteiger partial charge is 0.349 e. The minimum atomic E-state index is -2.89. The lowest BCUT2D eigenvalue weighted by atomic mass is 9.99. The van der Waals surface area contributed by atoms with E-state index in [1.807, 2.05) is 42.5 Å². The van der Waals surface area contributed by atoms with Gasteiger partial charge in [-0.25, -0.2) is 0 Å². The molecule has 2 heterocycles. The summed E-state index contributed by atoms with van der Waals surface area (Å²) in [6.07, 6.45) is -1.38. The quantitative estimate of drug-likeness (QED) is 0.246. The predicted octanol–water partition coefficient (Wildman–Crippen LogP) is 8.13. The van der Waals surface area contributed by atoms with Crippen LogP contribution in [0.25, 0.3) is 0 Å². The molecule has 0 amide bonds. The summed E-state index contributed by atoms with van der Waals surface area (Å²) < 4.78 is 34.8. The van der Waals surface area contributed by atoms with E-state index in [2.05, 4.69) is 90.1 Å². The number of rotatable bonds is 8. The monoisotopic (exact) mass is 592 g/mol. The fraction of sp³-hybridized carbons (Fsp3) is 0.471. The van der Waals surface area contributed by atoms with Crippen molar-refractivity contribution in [1.29, 1.82) is 0 Å². The summed E-state index contributed by atoms with van der Waals surface area (Å²) in [5.74, 6) is 0. The summed E-state index contributed by atoms with van der Waals surface area (Å²) in [6, 6.07) is 31.0. The van der Waals surface area contributed by atoms with Crippen LogP contribution >= 0.6 is 11.8 Å². The summed E-state index contributed by atoms with van der Waals surface area (Å²) in [5.41, 5.74) is 1.93. The molecule has 5 nitrogen and oxygen atoms in total. The standard InChI is InChI=1S/C34H44O5SSi/c1-33(2,3)41(34(4,5)6)37-24-28-29(35-22-25-16-10-7-11-17-25)30(39-41)31(36-23-26-18-12-8-13-19-26)32(38-28)40-27-20-14-9-15-21-27/h7-21,28-32H,22-24H2,1-6H3/t28-,29+,30+,31-,32+/m1/s1. The molecule has 7 heteroatoms. The highest BCUT2D eigenvalue weighted by molar-refractivity contribution is 7.99. The SMILES string of the molecule is CC(C)(C)[Si]1(C(C)(C)C)OC[C@H]2O[C@@H](Sc3ccccc3)[C@H](OCc3ccccc3)[C@@H](O1)[C@H]2OCc1ccccc1. The average molecular weight is 593 g/mol. The Bertz CT molecular complexity index is 1210. The largest absolute Gasteiger partial charge is 0.391 e. The van der Waals surface area contributed by atoms with Crippen molar-refractivity contribution in [3.63, 3.8) is 0 Å². The van der Waals surface area contributed by atoms with E-state index in [0.717, 1.165) is 16.0 Å². The Morgan fingerprint density at radius 3 is 1.71 bits per heavy atom. The van der Waals surface area contributed by atoms with Crippen LogP contribution in [0, 0.1) is 0 Å². The van der Waals surface area contributed by atoms with Crippen molar-refractivity contribution >= 4 is 20.3 Å². The van der Waals surface area contributed by atoms with E-state index in [-0.39, 0.29) is 39.9 Å². The van der Waals surface area contributed by atoms with Crippen LogP contribution in [0.15, 0.2) is 95.9 Å². The van der Waals surface area contributed by atoms with Gasteiger partial charge in [-0.3, -0.25) is 0 Å². The molecule has 0 spiro atoms. The van der Waals surface area contributed by atoms with E-state index in [1.54, 1.807) is 11.8 Å². The summed E-state index contributed by atoms with van der Waals surface area (Å²) in [4.78, 5) is 1.13. The zero-order valence-electron chi connectivity index (χ0n) is 25.1. The van der Waals surface area contributed by atoms with Crippen LogP contribution in [0.5, 0.6) is 0 Å². The molecule has 2 aliphatic heterocycles. The van der Waals surface area contributed by atoms with E-state index in [0.29, 0.717) is 19.8 Å². The van der Waals surface area contributed by atoms with Crippen molar-refractivity contribution in [1.82, 2.24) is 0 Å². The molecule has 2 aliphatic rings. The molecule has 3 aromatic rings. The molecule has 0 saturated carbocycles. The first-order chi connectivity index (χ1) is 19.6. The third-order valence-corrected chi connectivity index (χ3v) is 14.2. The highest BCUT2D eigenvalue weighted by Crippen LogP contribution is 2.55. The molecule has 5 rings (SSSR count). The van der Waals surface area contributed by atoms with Crippen molar-refractivity contribution in [2.75, 3.05) is 6.61 Å². The summed E-state index contributed by atoms with van der Waals surface area (Å²) in [7, 11) is -2.89.